The highest BCUT2D eigenvalue weighted by atomic mass is 16.4. The molecule has 16 nitrogen and oxygen atoms in total. The summed E-state index contributed by atoms with van der Waals surface area (Å²) in [4.78, 5) is 80.9. The van der Waals surface area contributed by atoms with E-state index >= 15 is 0 Å². The van der Waals surface area contributed by atoms with Crippen molar-refractivity contribution in [3.8, 4) is 0 Å². The summed E-state index contributed by atoms with van der Waals surface area (Å²) in [7, 11) is 0. The van der Waals surface area contributed by atoms with E-state index in [0.29, 0.717) is 96.8 Å². The first kappa shape index (κ1) is 45.7. The van der Waals surface area contributed by atoms with Gasteiger partial charge in [-0.25, -0.2) is 4.79 Å². The number of rotatable bonds is 28. The fourth-order valence-electron chi connectivity index (χ4n) is 6.09. The minimum absolute atomic E-state index is 0.199. The van der Waals surface area contributed by atoms with Gasteiger partial charge in [0.1, 0.15) is 30.2 Å². The zero-order chi connectivity index (χ0) is 38.2. The summed E-state index contributed by atoms with van der Waals surface area (Å²) >= 11 is 0. The Morgan fingerprint density at radius 3 is 1.61 bits per heavy atom. The maximum Gasteiger partial charge on any atom is 0.326 e. The Hall–Kier alpha value is -3.34. The van der Waals surface area contributed by atoms with Gasteiger partial charge in [0.25, 0.3) is 0 Å². The molecular weight excluding hydrogens is 658 g/mol. The molecule has 1 aliphatic rings. The van der Waals surface area contributed by atoms with E-state index < -0.39 is 65.8 Å². The molecule has 1 saturated heterocycles. The van der Waals surface area contributed by atoms with Crippen molar-refractivity contribution in [1.82, 2.24) is 26.2 Å². The monoisotopic (exact) mass is 726 g/mol. The van der Waals surface area contributed by atoms with Crippen LogP contribution in [0, 0.1) is 0 Å². The Bertz CT molecular complexity index is 1080. The topological polar surface area (TPSA) is 278 Å². The number of amides is 5. The summed E-state index contributed by atoms with van der Waals surface area (Å²) in [5.41, 5.74) is 23.0. The second-order valence-electron chi connectivity index (χ2n) is 13.5. The first-order valence-electron chi connectivity index (χ1n) is 19.1. The van der Waals surface area contributed by atoms with Crippen LogP contribution in [-0.2, 0) is 28.8 Å². The molecule has 16 heteroatoms. The summed E-state index contributed by atoms with van der Waals surface area (Å²) in [6.45, 7) is 5.46. The van der Waals surface area contributed by atoms with Crippen molar-refractivity contribution in [2.75, 3.05) is 26.2 Å². The maximum absolute atomic E-state index is 13.9. The molecule has 1 rings (SSSR count). The highest BCUT2D eigenvalue weighted by Gasteiger charge is 2.39. The fourth-order valence-corrected chi connectivity index (χ4v) is 6.09. The van der Waals surface area contributed by atoms with Crippen molar-refractivity contribution in [2.45, 2.75) is 159 Å². The molecule has 0 aromatic rings. The molecule has 1 fully saturated rings. The number of hydrogen-bond donors (Lipinski definition) is 9. The average molecular weight is 726 g/mol. The minimum Gasteiger partial charge on any atom is -0.480 e. The Morgan fingerprint density at radius 2 is 1.08 bits per heavy atom. The van der Waals surface area contributed by atoms with Crippen LogP contribution >= 0.6 is 0 Å². The van der Waals surface area contributed by atoms with Gasteiger partial charge >= 0.3 is 5.97 Å². The van der Waals surface area contributed by atoms with E-state index in [1.165, 1.54) is 4.90 Å². The summed E-state index contributed by atoms with van der Waals surface area (Å²) in [6, 6.07) is -5.68. The highest BCUT2D eigenvalue weighted by molar-refractivity contribution is 5.96. The summed E-state index contributed by atoms with van der Waals surface area (Å²) in [5, 5.41) is 20.6. The van der Waals surface area contributed by atoms with E-state index in [2.05, 4.69) is 21.3 Å². The SMILES string of the molecule is CCCC[C@H](NC(=O)[C@H](CCCCN)NC(=O)[C@@H]1CCCN1C(=O)[C@H](CCCCN)NC(=O)[C@@H](N)CCCC)C(=O)N[C@@H](CCCCN)C(=O)O. The number of carboxylic acids is 1. The Kier molecular flexibility index (Phi) is 23.7. The highest BCUT2D eigenvalue weighted by Crippen LogP contribution is 2.21. The van der Waals surface area contributed by atoms with Crippen LogP contribution in [0.1, 0.15) is 123 Å². The molecule has 0 spiro atoms. The molecule has 0 aromatic carbocycles. The predicted molar refractivity (Wildman–Crippen MR) is 196 cm³/mol. The third kappa shape index (κ3) is 17.2. The lowest BCUT2D eigenvalue weighted by atomic mass is 10.0. The number of nitrogens with zero attached hydrogens (tertiary/aromatic N) is 1. The van der Waals surface area contributed by atoms with E-state index in [1.807, 2.05) is 13.8 Å². The lowest BCUT2D eigenvalue weighted by molar-refractivity contribution is -0.143. The van der Waals surface area contributed by atoms with Gasteiger partial charge in [-0.3, -0.25) is 24.0 Å². The number of nitrogens with two attached hydrogens (primary N) is 4. The van der Waals surface area contributed by atoms with Crippen LogP contribution in [0.3, 0.4) is 0 Å². The fraction of sp³-hybridized carbons (Fsp3) is 0.829. The molecule has 5 amide bonds. The molecule has 51 heavy (non-hydrogen) atoms. The van der Waals surface area contributed by atoms with Crippen molar-refractivity contribution in [2.24, 2.45) is 22.9 Å². The van der Waals surface area contributed by atoms with E-state index in [0.717, 1.165) is 19.3 Å². The van der Waals surface area contributed by atoms with Crippen molar-refractivity contribution in [1.29, 1.82) is 0 Å². The molecule has 0 bridgehead atoms. The number of hydrogen-bond acceptors (Lipinski definition) is 10. The molecular formula is C35H67N9O7. The lowest BCUT2D eigenvalue weighted by Gasteiger charge is -2.30. The standard InChI is InChI=1S/C35H67N9O7/c1-3-5-14-24(39)30(45)42-27(17-8-11-21-37)34(49)44-23-13-19-29(44)33(48)41-26(16-7-10-20-36)31(46)40-25(15-6-4-2)32(47)43-28(35(50)51)18-9-12-22-38/h24-29H,3-23,36-39H2,1-2H3,(H,40,46)(H,41,48)(H,42,45)(H,43,47)(H,50,51)/t24-,25-,26-,27-,28-,29-/m0/s1. The quantitative estimate of drug-likeness (QED) is 0.0488. The van der Waals surface area contributed by atoms with Gasteiger partial charge in [0.15, 0.2) is 0 Å². The van der Waals surface area contributed by atoms with Crippen molar-refractivity contribution < 1.29 is 33.9 Å². The Morgan fingerprint density at radius 1 is 0.627 bits per heavy atom. The zero-order valence-electron chi connectivity index (χ0n) is 31.0. The first-order valence-corrected chi connectivity index (χ1v) is 19.1. The van der Waals surface area contributed by atoms with Gasteiger partial charge in [-0.2, -0.15) is 0 Å². The van der Waals surface area contributed by atoms with Crippen LogP contribution in [0.5, 0.6) is 0 Å². The van der Waals surface area contributed by atoms with E-state index in [9.17, 15) is 33.9 Å². The van der Waals surface area contributed by atoms with Gasteiger partial charge in [0, 0.05) is 6.54 Å². The maximum atomic E-state index is 13.9. The molecule has 6 atom stereocenters. The van der Waals surface area contributed by atoms with E-state index in [1.54, 1.807) is 0 Å². The van der Waals surface area contributed by atoms with Gasteiger partial charge in [0.05, 0.1) is 6.04 Å². The van der Waals surface area contributed by atoms with Gasteiger partial charge in [0.2, 0.25) is 29.5 Å². The Labute approximate surface area is 303 Å². The second-order valence-corrected chi connectivity index (χ2v) is 13.5. The number of unbranched alkanes of at least 4 members (excludes halogenated alkanes) is 5. The largest absolute Gasteiger partial charge is 0.480 e. The minimum atomic E-state index is -1.18. The molecule has 0 unspecified atom stereocenters. The molecule has 0 saturated carbocycles. The van der Waals surface area contributed by atoms with Crippen molar-refractivity contribution >= 4 is 35.5 Å². The van der Waals surface area contributed by atoms with Crippen molar-refractivity contribution in [3.63, 3.8) is 0 Å². The molecule has 0 aromatic heterocycles. The van der Waals surface area contributed by atoms with Crippen LogP contribution in [0.4, 0.5) is 0 Å². The number of likely N-dealkylation sites (tertiary alicyclic amines) is 1. The third-order valence-corrected chi connectivity index (χ3v) is 9.23. The summed E-state index contributed by atoms with van der Waals surface area (Å²) < 4.78 is 0. The first-order chi connectivity index (χ1) is 24.4. The molecule has 13 N–H and O–H groups in total. The number of aliphatic carboxylic acids is 1. The second kappa shape index (κ2) is 26.4. The predicted octanol–water partition coefficient (Wildman–Crippen LogP) is 0.0959. The molecule has 294 valence electrons. The smallest absolute Gasteiger partial charge is 0.326 e. The number of carbonyl (C=O) groups excluding carboxylic acids is 5. The molecule has 0 radical (unpaired) electrons. The normalized spacial score (nSPS) is 17.1. The van der Waals surface area contributed by atoms with Crippen LogP contribution in [0.2, 0.25) is 0 Å². The van der Waals surface area contributed by atoms with Crippen LogP contribution < -0.4 is 44.2 Å². The van der Waals surface area contributed by atoms with E-state index in [-0.39, 0.29) is 25.2 Å². The molecule has 1 aliphatic heterocycles. The molecule has 1 heterocycles. The van der Waals surface area contributed by atoms with Gasteiger partial charge < -0.3 is 54.2 Å². The van der Waals surface area contributed by atoms with E-state index in [4.69, 9.17) is 22.9 Å². The lowest BCUT2D eigenvalue weighted by Crippen LogP contribution is -2.59. The average Bonchev–Trinajstić information content (AvgIpc) is 3.61. The Balaban J connectivity index is 3.16. The van der Waals surface area contributed by atoms with Gasteiger partial charge in [-0.15, -0.1) is 0 Å². The zero-order valence-corrected chi connectivity index (χ0v) is 31.0. The third-order valence-electron chi connectivity index (χ3n) is 9.23. The summed E-state index contributed by atoms with van der Waals surface area (Å²) in [6.07, 6.45) is 8.96. The van der Waals surface area contributed by atoms with Crippen molar-refractivity contribution in [3.05, 3.63) is 0 Å². The van der Waals surface area contributed by atoms with Crippen LogP contribution in [0.25, 0.3) is 0 Å². The van der Waals surface area contributed by atoms with Gasteiger partial charge in [-0.05, 0) is 103 Å². The molecule has 0 aliphatic carbocycles. The van der Waals surface area contributed by atoms with Gasteiger partial charge in [-0.1, -0.05) is 39.5 Å². The number of carbonyl (C=O) groups is 6. The number of carboxylic acid groups (broad SMARTS) is 1. The van der Waals surface area contributed by atoms with Crippen LogP contribution in [-0.4, -0.2) is 108 Å². The van der Waals surface area contributed by atoms with Crippen LogP contribution in [0.15, 0.2) is 0 Å². The summed E-state index contributed by atoms with van der Waals surface area (Å²) in [5.74, 6) is -3.70. The number of nitrogens with one attached hydrogen (secondary N) is 4.